The van der Waals surface area contributed by atoms with E-state index in [9.17, 15) is 0 Å². The average Bonchev–Trinajstić information content (AvgIpc) is 3.95. The zero-order valence-corrected chi connectivity index (χ0v) is 39.0. The Balaban J connectivity index is 1.03. The molecule has 0 bridgehead atoms. The van der Waals surface area contributed by atoms with Crippen molar-refractivity contribution in [2.24, 2.45) is 0 Å². The second kappa shape index (κ2) is 16.8. The topological polar surface area (TPSA) is 9.86 Å². The fourth-order valence-electron chi connectivity index (χ4n) is 11.1. The number of rotatable bonds is 9. The first-order valence-corrected chi connectivity index (χ1v) is 25.8. The third kappa shape index (κ3) is 6.78. The fraction of sp³-hybridized carbons (Fsp3) is 0. The summed E-state index contributed by atoms with van der Waals surface area (Å²) in [6.45, 7) is 0. The highest BCUT2D eigenvalue weighted by atomic mass is 28.3. The molecule has 13 aromatic rings. The van der Waals surface area contributed by atoms with E-state index in [1.54, 1.807) is 0 Å². The Bertz CT molecular complexity index is 3700. The van der Waals surface area contributed by atoms with Crippen molar-refractivity contribution in [1.29, 1.82) is 0 Å². The number of hydrogen-bond acceptors (Lipinski definition) is 0. The number of aromatic nitrogens is 2. The summed E-state index contributed by atoms with van der Waals surface area (Å²) in [7, 11) is -2.70. The van der Waals surface area contributed by atoms with E-state index in [1.807, 2.05) is 0 Å². The van der Waals surface area contributed by atoms with Crippen molar-refractivity contribution in [3.63, 3.8) is 0 Å². The van der Waals surface area contributed by atoms with E-state index in [4.69, 9.17) is 0 Å². The summed E-state index contributed by atoms with van der Waals surface area (Å²) >= 11 is 0. The lowest BCUT2D eigenvalue weighted by molar-refractivity contribution is 1.18. The Morgan fingerprint density at radius 1 is 0.203 bits per heavy atom. The molecule has 0 fully saturated rings. The lowest BCUT2D eigenvalue weighted by Crippen LogP contribution is -2.74. The van der Waals surface area contributed by atoms with Crippen LogP contribution in [0, 0.1) is 0 Å². The molecule has 3 heteroatoms. The van der Waals surface area contributed by atoms with Crippen LogP contribution in [0.4, 0.5) is 0 Å². The smallest absolute Gasteiger partial charge is 0.179 e. The molecule has 0 saturated carbocycles. The maximum Gasteiger partial charge on any atom is 0.179 e. The van der Waals surface area contributed by atoms with E-state index in [2.05, 4.69) is 288 Å². The predicted octanol–water partition coefficient (Wildman–Crippen LogP) is 14.3. The van der Waals surface area contributed by atoms with Crippen LogP contribution < -0.4 is 20.7 Å². The molecule has 0 amide bonds. The Hall–Kier alpha value is -8.76. The van der Waals surface area contributed by atoms with Crippen LogP contribution >= 0.6 is 0 Å². The van der Waals surface area contributed by atoms with Crippen molar-refractivity contribution >= 4 is 72.4 Å². The van der Waals surface area contributed by atoms with E-state index < -0.39 is 8.07 Å². The number of nitrogens with zero attached hydrogens (tertiary/aromatic N) is 2. The maximum atomic E-state index is 2.41. The molecule has 0 saturated heterocycles. The van der Waals surface area contributed by atoms with Gasteiger partial charge in [-0.2, -0.15) is 0 Å². The van der Waals surface area contributed by atoms with Gasteiger partial charge in [0.2, 0.25) is 0 Å². The van der Waals surface area contributed by atoms with Crippen molar-refractivity contribution in [3.8, 4) is 44.8 Å². The zero-order chi connectivity index (χ0) is 45.7. The molecule has 2 aromatic heterocycles. The van der Waals surface area contributed by atoms with Crippen molar-refractivity contribution in [2.75, 3.05) is 0 Å². The molecule has 0 aliphatic heterocycles. The Labute approximate surface area is 403 Å². The van der Waals surface area contributed by atoms with E-state index in [0.717, 1.165) is 11.4 Å². The van der Waals surface area contributed by atoms with Crippen LogP contribution in [0.2, 0.25) is 0 Å². The van der Waals surface area contributed by atoms with Crippen LogP contribution in [0.1, 0.15) is 0 Å². The zero-order valence-electron chi connectivity index (χ0n) is 38.0. The Morgan fingerprint density at radius 2 is 0.507 bits per heavy atom. The highest BCUT2D eigenvalue weighted by Crippen LogP contribution is 2.40. The van der Waals surface area contributed by atoms with E-state index in [1.165, 1.54) is 97.7 Å². The summed E-state index contributed by atoms with van der Waals surface area (Å²) in [5, 5.41) is 10.4. The van der Waals surface area contributed by atoms with Crippen molar-refractivity contribution in [3.05, 3.63) is 279 Å². The number of benzene rings is 11. The minimum Gasteiger partial charge on any atom is -0.309 e. The van der Waals surface area contributed by atoms with Gasteiger partial charge < -0.3 is 9.13 Å². The van der Waals surface area contributed by atoms with Gasteiger partial charge in [0.05, 0.1) is 22.1 Å². The van der Waals surface area contributed by atoms with Crippen molar-refractivity contribution in [1.82, 2.24) is 9.13 Å². The van der Waals surface area contributed by atoms with Crippen LogP contribution in [0.25, 0.3) is 88.4 Å². The van der Waals surface area contributed by atoms with E-state index in [-0.39, 0.29) is 0 Å². The van der Waals surface area contributed by atoms with Crippen LogP contribution in [0.3, 0.4) is 0 Å². The monoisotopic (exact) mass is 894 g/mol. The molecule has 0 spiro atoms. The number of para-hydroxylation sites is 4. The van der Waals surface area contributed by atoms with Gasteiger partial charge in [-0.15, -0.1) is 0 Å². The molecule has 324 valence electrons. The van der Waals surface area contributed by atoms with Gasteiger partial charge in [-0.3, -0.25) is 0 Å². The quantitative estimate of drug-likeness (QED) is 0.101. The minimum atomic E-state index is -2.70. The van der Waals surface area contributed by atoms with Gasteiger partial charge in [0.15, 0.2) is 8.07 Å². The predicted molar refractivity (Wildman–Crippen MR) is 295 cm³/mol. The molecule has 0 N–H and O–H groups in total. The van der Waals surface area contributed by atoms with Crippen molar-refractivity contribution < 1.29 is 0 Å². The minimum absolute atomic E-state index is 1.15. The molecule has 2 heterocycles. The van der Waals surface area contributed by atoms with Crippen LogP contribution in [-0.2, 0) is 0 Å². The molecule has 11 aromatic carbocycles. The summed E-state index contributed by atoms with van der Waals surface area (Å²) in [5.74, 6) is 0. The molecular formula is C66H46N2Si. The normalized spacial score (nSPS) is 11.8. The highest BCUT2D eigenvalue weighted by Gasteiger charge is 2.41. The number of fused-ring (bicyclic) bond motifs is 6. The molecule has 69 heavy (non-hydrogen) atoms. The molecule has 0 aliphatic carbocycles. The van der Waals surface area contributed by atoms with Gasteiger partial charge in [0.1, 0.15) is 0 Å². The first kappa shape index (κ1) is 40.5. The van der Waals surface area contributed by atoms with Gasteiger partial charge >= 0.3 is 0 Å². The first-order chi connectivity index (χ1) is 34.2. The van der Waals surface area contributed by atoms with Crippen LogP contribution in [-0.4, -0.2) is 17.2 Å². The van der Waals surface area contributed by atoms with E-state index in [0.29, 0.717) is 0 Å². The molecule has 0 radical (unpaired) electrons. The summed E-state index contributed by atoms with van der Waals surface area (Å²) in [4.78, 5) is 0. The van der Waals surface area contributed by atoms with Crippen LogP contribution in [0.15, 0.2) is 279 Å². The Morgan fingerprint density at radius 3 is 0.913 bits per heavy atom. The molecule has 0 aliphatic rings. The van der Waals surface area contributed by atoms with Gasteiger partial charge in [-0.05, 0) is 121 Å². The maximum absolute atomic E-state index is 2.70. The van der Waals surface area contributed by atoms with Gasteiger partial charge in [-0.25, -0.2) is 0 Å². The first-order valence-electron chi connectivity index (χ1n) is 23.8. The van der Waals surface area contributed by atoms with Gasteiger partial charge in [0.25, 0.3) is 0 Å². The summed E-state index contributed by atoms with van der Waals surface area (Å²) in [6.07, 6.45) is 0. The largest absolute Gasteiger partial charge is 0.309 e. The summed E-state index contributed by atoms with van der Waals surface area (Å²) in [6, 6.07) is 103. The second-order valence-electron chi connectivity index (χ2n) is 18.1. The van der Waals surface area contributed by atoms with Gasteiger partial charge in [-0.1, -0.05) is 212 Å². The summed E-state index contributed by atoms with van der Waals surface area (Å²) < 4.78 is 4.83. The standard InChI is InChI=1S/C66H46N2Si/c1-6-20-53(21-7-1)67-63-32-18-16-30-59(63)61-40-36-48(45-65(61)67)51-42-50(43-52(44-51)49-37-41-62-60-31-17-19-33-64(60)68(66(62)46-49)54-22-8-2-9-23-54)47-34-38-58(39-35-47)69(55-24-10-3-11-25-55,56-26-12-4-13-27-56)57-28-14-5-15-29-57/h1-46H. The third-order valence-corrected chi connectivity index (χ3v) is 19.0. The van der Waals surface area contributed by atoms with E-state index >= 15 is 0 Å². The fourth-order valence-corrected chi connectivity index (χ4v) is 15.9. The lowest BCUT2D eigenvalue weighted by atomic mass is 9.92. The lowest BCUT2D eigenvalue weighted by Gasteiger charge is -2.34. The molecule has 2 nitrogen and oxygen atoms in total. The Kier molecular flexibility index (Phi) is 9.88. The number of hydrogen-bond donors (Lipinski definition) is 0. The molecular weight excluding hydrogens is 849 g/mol. The average molecular weight is 895 g/mol. The van der Waals surface area contributed by atoms with Gasteiger partial charge in [0, 0.05) is 32.9 Å². The molecule has 0 atom stereocenters. The second-order valence-corrected chi connectivity index (χ2v) is 21.9. The molecule has 0 unspecified atom stereocenters. The SMILES string of the molecule is c1ccc(-n2c3ccccc3c3ccc(-c4cc(-c5ccc([Si](c6ccccc6)(c6ccccc6)c6ccccc6)cc5)cc(-c5ccc6c7ccccc7n(-c7ccccc7)c6c5)c4)cc32)cc1. The highest BCUT2D eigenvalue weighted by molar-refractivity contribution is 7.19. The van der Waals surface area contributed by atoms with Crippen LogP contribution in [0.5, 0.6) is 0 Å². The van der Waals surface area contributed by atoms with Crippen molar-refractivity contribution in [2.45, 2.75) is 0 Å². The third-order valence-electron chi connectivity index (χ3n) is 14.2. The molecule has 13 rings (SSSR count). The summed E-state index contributed by atoms with van der Waals surface area (Å²) in [5.41, 5.74) is 14.1.